The van der Waals surface area contributed by atoms with E-state index in [1.54, 1.807) is 6.26 Å². The third-order valence-corrected chi connectivity index (χ3v) is 6.19. The number of aliphatic imine (C=N–C) groups is 1. The fourth-order valence-corrected chi connectivity index (χ4v) is 4.31. The Kier molecular flexibility index (Phi) is 10.9. The van der Waals surface area contributed by atoms with Gasteiger partial charge in [-0.05, 0) is 37.7 Å². The first-order valence-corrected chi connectivity index (χ1v) is 11.0. The molecule has 1 aliphatic heterocycles. The van der Waals surface area contributed by atoms with E-state index >= 15 is 0 Å². The Labute approximate surface area is 184 Å². The normalized spacial score (nSPS) is 23.8. The van der Waals surface area contributed by atoms with Crippen LogP contribution in [-0.2, 0) is 11.2 Å². The van der Waals surface area contributed by atoms with Crippen LogP contribution in [0.1, 0.15) is 25.0 Å². The highest BCUT2D eigenvalue weighted by Gasteiger charge is 2.24. The van der Waals surface area contributed by atoms with Crippen LogP contribution in [0, 0.1) is 0 Å². The maximum atomic E-state index is 5.42. The first-order valence-electron chi connectivity index (χ1n) is 9.73. The minimum Gasteiger partial charge on any atom is -0.469 e. The molecule has 3 rings (SSSR count). The highest BCUT2D eigenvalue weighted by atomic mass is 127. The van der Waals surface area contributed by atoms with E-state index in [2.05, 4.69) is 21.8 Å². The summed E-state index contributed by atoms with van der Waals surface area (Å²) in [6, 6.07) is 4.49. The fourth-order valence-electron chi connectivity index (χ4n) is 3.52. The molecular weight excluding hydrogens is 475 g/mol. The number of ether oxygens (including phenoxy) is 1. The van der Waals surface area contributed by atoms with Crippen LogP contribution in [0.25, 0.3) is 0 Å². The number of morpholine rings is 1. The SMILES string of the molecule is CSC1CCC(NC(=NCCN2CCOCC2)NCCc2ccco2)C1.I. The molecule has 2 N–H and O–H groups in total. The summed E-state index contributed by atoms with van der Waals surface area (Å²) in [5.74, 6) is 1.95. The molecule has 154 valence electrons. The third kappa shape index (κ3) is 8.21. The molecule has 8 heteroatoms. The molecule has 2 atom stereocenters. The molecule has 2 heterocycles. The summed E-state index contributed by atoms with van der Waals surface area (Å²) in [6.45, 7) is 6.35. The lowest BCUT2D eigenvalue weighted by Crippen LogP contribution is -2.44. The van der Waals surface area contributed by atoms with Crippen molar-refractivity contribution in [3.63, 3.8) is 0 Å². The van der Waals surface area contributed by atoms with E-state index in [1.807, 2.05) is 23.9 Å². The number of hydrogen-bond acceptors (Lipinski definition) is 5. The molecule has 0 aromatic carbocycles. The monoisotopic (exact) mass is 508 g/mol. The summed E-state index contributed by atoms with van der Waals surface area (Å²) in [5, 5.41) is 7.92. The Bertz CT molecular complexity index is 538. The van der Waals surface area contributed by atoms with Crippen LogP contribution in [-0.4, -0.2) is 74.3 Å². The molecule has 1 aromatic heterocycles. The molecule has 1 aromatic rings. The van der Waals surface area contributed by atoms with Crippen LogP contribution in [0.3, 0.4) is 0 Å². The molecule has 0 amide bonds. The van der Waals surface area contributed by atoms with Gasteiger partial charge in [0.25, 0.3) is 0 Å². The maximum absolute atomic E-state index is 5.42. The summed E-state index contributed by atoms with van der Waals surface area (Å²) in [6.07, 6.45) is 8.57. The van der Waals surface area contributed by atoms with E-state index < -0.39 is 0 Å². The van der Waals surface area contributed by atoms with Crippen LogP contribution >= 0.6 is 35.7 Å². The van der Waals surface area contributed by atoms with Crippen LogP contribution in [0.5, 0.6) is 0 Å². The van der Waals surface area contributed by atoms with Gasteiger partial charge in [0, 0.05) is 43.9 Å². The summed E-state index contributed by atoms with van der Waals surface area (Å²) in [5.41, 5.74) is 0. The lowest BCUT2D eigenvalue weighted by Gasteiger charge is -2.26. The number of nitrogens with zero attached hydrogens (tertiary/aromatic N) is 2. The first kappa shape index (κ1) is 22.8. The second-order valence-corrected chi connectivity index (χ2v) is 8.09. The van der Waals surface area contributed by atoms with E-state index in [0.29, 0.717) is 6.04 Å². The van der Waals surface area contributed by atoms with Gasteiger partial charge in [-0.1, -0.05) is 0 Å². The molecule has 2 aliphatic rings. The molecule has 2 fully saturated rings. The van der Waals surface area contributed by atoms with Crippen molar-refractivity contribution in [3.05, 3.63) is 24.2 Å². The van der Waals surface area contributed by atoms with E-state index in [1.165, 1.54) is 19.3 Å². The van der Waals surface area contributed by atoms with Crippen molar-refractivity contribution in [1.29, 1.82) is 0 Å². The zero-order valence-corrected chi connectivity index (χ0v) is 19.3. The third-order valence-electron chi connectivity index (χ3n) is 5.09. The lowest BCUT2D eigenvalue weighted by molar-refractivity contribution is 0.0394. The van der Waals surface area contributed by atoms with Crippen LogP contribution in [0.4, 0.5) is 0 Å². The molecule has 0 bridgehead atoms. The standard InChI is InChI=1S/C19H32N4O2S.HI/c1-26-18-5-4-16(15-18)22-19(20-7-6-17-3-2-12-25-17)21-8-9-23-10-13-24-14-11-23;/h2-3,12,16,18H,4-11,13-15H2,1H3,(H2,20,21,22);1H. The minimum atomic E-state index is 0. The second-order valence-electron chi connectivity index (χ2n) is 6.95. The topological polar surface area (TPSA) is 62.0 Å². The predicted molar refractivity (Wildman–Crippen MR) is 123 cm³/mol. The summed E-state index contributed by atoms with van der Waals surface area (Å²) < 4.78 is 10.8. The average Bonchev–Trinajstić information content (AvgIpc) is 3.34. The van der Waals surface area contributed by atoms with Gasteiger partial charge in [0.1, 0.15) is 5.76 Å². The van der Waals surface area contributed by atoms with Crippen molar-refractivity contribution in [1.82, 2.24) is 15.5 Å². The molecule has 6 nitrogen and oxygen atoms in total. The fraction of sp³-hybridized carbons (Fsp3) is 0.737. The van der Waals surface area contributed by atoms with Gasteiger partial charge in [0.15, 0.2) is 5.96 Å². The number of hydrogen-bond donors (Lipinski definition) is 2. The predicted octanol–water partition coefficient (Wildman–Crippen LogP) is 2.59. The zero-order valence-electron chi connectivity index (χ0n) is 16.2. The number of rotatable bonds is 8. The number of thioether (sulfide) groups is 1. The quantitative estimate of drug-likeness (QED) is 0.320. The molecule has 0 spiro atoms. The molecule has 27 heavy (non-hydrogen) atoms. The zero-order chi connectivity index (χ0) is 18.0. The highest BCUT2D eigenvalue weighted by Crippen LogP contribution is 2.28. The molecular formula is C19H33IN4O2S. The van der Waals surface area contributed by atoms with Gasteiger partial charge in [-0.25, -0.2) is 0 Å². The lowest BCUT2D eigenvalue weighted by atomic mass is 10.2. The Morgan fingerprint density at radius 2 is 2.19 bits per heavy atom. The van der Waals surface area contributed by atoms with Crippen molar-refractivity contribution < 1.29 is 9.15 Å². The van der Waals surface area contributed by atoms with Gasteiger partial charge in [-0.3, -0.25) is 9.89 Å². The summed E-state index contributed by atoms with van der Waals surface area (Å²) in [4.78, 5) is 7.25. The van der Waals surface area contributed by atoms with E-state index in [-0.39, 0.29) is 24.0 Å². The molecule has 0 radical (unpaired) electrons. The van der Waals surface area contributed by atoms with Crippen molar-refractivity contribution in [3.8, 4) is 0 Å². The van der Waals surface area contributed by atoms with E-state index in [0.717, 1.165) is 69.3 Å². The Morgan fingerprint density at radius 3 is 2.89 bits per heavy atom. The van der Waals surface area contributed by atoms with Crippen LogP contribution in [0.2, 0.25) is 0 Å². The van der Waals surface area contributed by atoms with Gasteiger partial charge in [0.05, 0.1) is 26.0 Å². The number of furan rings is 1. The summed E-state index contributed by atoms with van der Waals surface area (Å²) >= 11 is 1.98. The first-order chi connectivity index (χ1) is 12.8. The molecule has 2 unspecified atom stereocenters. The van der Waals surface area contributed by atoms with Crippen LogP contribution < -0.4 is 10.6 Å². The number of nitrogens with one attached hydrogen (secondary N) is 2. The van der Waals surface area contributed by atoms with Crippen molar-refractivity contribution >= 4 is 41.7 Å². The van der Waals surface area contributed by atoms with Crippen molar-refractivity contribution in [2.45, 2.75) is 37.0 Å². The maximum Gasteiger partial charge on any atom is 0.191 e. The van der Waals surface area contributed by atoms with E-state index in [9.17, 15) is 0 Å². The summed E-state index contributed by atoms with van der Waals surface area (Å²) in [7, 11) is 0. The van der Waals surface area contributed by atoms with Gasteiger partial charge in [0.2, 0.25) is 0 Å². The molecule has 1 saturated carbocycles. The van der Waals surface area contributed by atoms with Gasteiger partial charge in [-0.15, -0.1) is 24.0 Å². The molecule has 1 saturated heterocycles. The van der Waals surface area contributed by atoms with Gasteiger partial charge < -0.3 is 19.8 Å². The van der Waals surface area contributed by atoms with Crippen molar-refractivity contribution in [2.24, 2.45) is 4.99 Å². The van der Waals surface area contributed by atoms with E-state index in [4.69, 9.17) is 14.1 Å². The Hall–Kier alpha value is -0.450. The Morgan fingerprint density at radius 1 is 1.33 bits per heavy atom. The smallest absolute Gasteiger partial charge is 0.191 e. The largest absolute Gasteiger partial charge is 0.469 e. The molecule has 1 aliphatic carbocycles. The van der Waals surface area contributed by atoms with Crippen LogP contribution in [0.15, 0.2) is 27.8 Å². The van der Waals surface area contributed by atoms with Gasteiger partial charge >= 0.3 is 0 Å². The highest BCUT2D eigenvalue weighted by molar-refractivity contribution is 14.0. The minimum absolute atomic E-state index is 0. The van der Waals surface area contributed by atoms with Gasteiger partial charge in [-0.2, -0.15) is 11.8 Å². The van der Waals surface area contributed by atoms with Crippen molar-refractivity contribution in [2.75, 3.05) is 52.2 Å². The number of guanidine groups is 1. The number of halogens is 1. The second kappa shape index (κ2) is 12.9. The average molecular weight is 508 g/mol. The Balaban J connectivity index is 0.00000261.